The van der Waals surface area contributed by atoms with Crippen molar-refractivity contribution >= 4 is 132 Å². The predicted octanol–water partition coefficient (Wildman–Crippen LogP) is -14.9. The third-order valence-corrected chi connectivity index (χ3v) is 23.1. The van der Waals surface area contributed by atoms with Gasteiger partial charge in [0, 0.05) is 0 Å². The molecular formula is C40H44N16O42P8S2-12. The summed E-state index contributed by atoms with van der Waals surface area (Å²) in [5.41, 5.74) is 0.365. The van der Waals surface area contributed by atoms with E-state index in [2.05, 4.69) is 65.2 Å². The molecule has 12 rings (SSSR count). The molecule has 0 saturated carbocycles. The minimum atomic E-state index is -6.24. The van der Waals surface area contributed by atoms with Crippen LogP contribution >= 0.6 is 62.6 Å². The first-order valence-electron chi connectivity index (χ1n) is 28.0. The van der Waals surface area contributed by atoms with E-state index in [4.69, 9.17) is 55.0 Å². The van der Waals surface area contributed by atoms with Crippen molar-refractivity contribution < 1.29 is 210 Å². The minimum Gasteiger partial charge on any atom is -0.790 e. The van der Waals surface area contributed by atoms with Crippen molar-refractivity contribution in [1.29, 1.82) is 10.8 Å². The van der Waals surface area contributed by atoms with Gasteiger partial charge in [0.25, 0.3) is 31.3 Å². The van der Waals surface area contributed by atoms with Crippen molar-refractivity contribution in [3.8, 4) is 0 Å². The number of phosphoric acid groups is 8. The Hall–Kier alpha value is -5.46. The number of nitrogens with one attached hydrogen (secondary N) is 2. The maximum absolute atomic E-state index is 11.8. The first-order valence-corrected chi connectivity index (χ1v) is 40.5. The maximum Gasteiger partial charge on any atom is 0.302 e. The number of aryl methyl sites for hydroxylation is 2. The van der Waals surface area contributed by atoms with Gasteiger partial charge in [-0.15, -0.1) is 19.8 Å². The molecule has 20 atom stereocenters. The van der Waals surface area contributed by atoms with Crippen LogP contribution in [-0.2, 0) is 130 Å². The number of aliphatic hydroxyl groups is 8. The molecule has 4 aliphatic heterocycles. The zero-order valence-corrected chi connectivity index (χ0v) is 61.0. The van der Waals surface area contributed by atoms with Crippen LogP contribution in [0.1, 0.15) is 24.9 Å². The second-order valence-electron chi connectivity index (χ2n) is 21.6. The molecule has 12 N–H and O–H groups in total. The number of aromatic nitrogens is 14. The fourth-order valence-electron chi connectivity index (χ4n) is 9.93. The molecule has 0 bridgehead atoms. The fourth-order valence-corrected chi connectivity index (χ4v) is 17.2. The molecule has 4 aliphatic rings. The van der Waals surface area contributed by atoms with Gasteiger partial charge in [-0.25, -0.2) is 37.7 Å². The van der Waals surface area contributed by atoms with Crippen LogP contribution in [0.3, 0.4) is 0 Å². The van der Waals surface area contributed by atoms with Crippen LogP contribution in [-0.4, -0.2) is 183 Å². The Morgan fingerprint density at radius 1 is 0.426 bits per heavy atom. The zero-order valence-electron chi connectivity index (χ0n) is 52.2. The molecule has 108 heavy (non-hydrogen) atoms. The van der Waals surface area contributed by atoms with E-state index in [1.165, 1.54) is 44.8 Å². The van der Waals surface area contributed by atoms with Gasteiger partial charge in [0.2, 0.25) is 12.5 Å². The lowest BCUT2D eigenvalue weighted by Gasteiger charge is -2.38. The maximum atomic E-state index is 11.8. The summed E-state index contributed by atoms with van der Waals surface area (Å²) in [7, 11) is -44.4. The Labute approximate surface area is 604 Å². The standard InChI is InChI=1S/C11H16N3O13P3S.C11H14N3O7PS.C9H14N5O14P3.C9H12N5O8P/c1-13-4-14(9-6(13)5(31)2-3-12-9)10-7(15)8(16)11(24-10)25-29(20,21)27-30(22,23)26-28(17,18)19;1-13-4-14(9-6(13)5(23)2-3-12-9)10-7(15)8(16)11(20-10)21-22(17,18)19;10-6-3-7(12-2-14(6)17)13(1-11-3)8-4(15)5(16)9(25-8)26-30(21,22)28-31(23,24)27-29(18,19)20;10-6-3-7(12-2-14(6)17)13(1-11-3)8-4(15)5(16)9(21-8)22-23(18,19)20/h2-4,7-8,10-11,15-16H,1H3,(H4-,12,17,18,19,20,21,22,23,31);2-4,7-8,10-11,15-16H,1H3,(H2-,12,17,18,19,23);1-2,4-5,8-10,15-17H,(H,21,22)(H,23,24)(H2,18,19,20);1-2,4-5,8-10,15-17H,(H2,18,19,20)/p-12. The lowest BCUT2D eigenvalue weighted by atomic mass is 10.2. The van der Waals surface area contributed by atoms with E-state index in [1.807, 2.05) is 0 Å². The number of imidazole rings is 4. The number of aliphatic hydroxyl groups excluding tert-OH is 8. The lowest BCUT2D eigenvalue weighted by molar-refractivity contribution is -0.747. The summed E-state index contributed by atoms with van der Waals surface area (Å²) >= 11 is 10.4. The SMILES string of the molecule is Cn1c[n+](C2OC(OP(=O)([O-])OP(=O)([O-])OP(=O)([O-])[O-])C(O)C2O)c2nccc([S-])c21.Cn1c[n+](C2OC(OP(=O)([O-])[O-])C(O)C2O)c2nccc([S-])c21.N=c1c2ncn(C3OC(OP(=O)([O-])OP(=O)([O-])OP(=O)([O-])[O-])C(O)C3O)c2ncn1O.N=c1c2ncn(C3OC(OP(=O)([O-])[O-])C(O)C3O)c2ncn1O. The van der Waals surface area contributed by atoms with Crippen molar-refractivity contribution in [2.24, 2.45) is 14.1 Å². The molecule has 0 aliphatic carbocycles. The Bertz CT molecular complexity index is 5220. The van der Waals surface area contributed by atoms with E-state index in [1.54, 1.807) is 24.7 Å². The Morgan fingerprint density at radius 2 is 0.741 bits per heavy atom. The summed E-state index contributed by atoms with van der Waals surface area (Å²) in [4.78, 5) is 154. The summed E-state index contributed by atoms with van der Waals surface area (Å²) in [6, 6.07) is 3.16. The quantitative estimate of drug-likeness (QED) is 0.0146. The molecule has 12 heterocycles. The van der Waals surface area contributed by atoms with Crippen LogP contribution in [0, 0.1) is 10.8 Å². The van der Waals surface area contributed by atoms with Crippen LogP contribution in [0.15, 0.2) is 72.3 Å². The molecule has 0 amide bonds. The van der Waals surface area contributed by atoms with E-state index < -0.39 is 172 Å². The number of nitrogens with zero attached hydrogens (tertiary/aromatic N) is 14. The first kappa shape index (κ1) is 86.5. The van der Waals surface area contributed by atoms with Gasteiger partial charge >= 0.3 is 11.3 Å². The van der Waals surface area contributed by atoms with E-state index in [-0.39, 0.29) is 28.0 Å². The van der Waals surface area contributed by atoms with Crippen molar-refractivity contribution in [3.63, 3.8) is 0 Å². The number of phosphoric ester groups is 4. The number of rotatable bonds is 20. The van der Waals surface area contributed by atoms with Crippen molar-refractivity contribution in [1.82, 2.24) is 57.6 Å². The molecular weight excluding hydrogens is 1690 g/mol. The Kier molecular flexibility index (Phi) is 25.8. The van der Waals surface area contributed by atoms with Gasteiger partial charge in [-0.05, 0) is 12.1 Å². The van der Waals surface area contributed by atoms with Crippen molar-refractivity contribution in [2.75, 3.05) is 0 Å². The summed E-state index contributed by atoms with van der Waals surface area (Å²) in [6.07, 6.45) is -18.9. The largest absolute Gasteiger partial charge is 0.790 e. The minimum absolute atomic E-state index is 0.0182. The molecule has 20 unspecified atom stereocenters. The van der Waals surface area contributed by atoms with Crippen molar-refractivity contribution in [3.05, 3.63) is 73.5 Å². The average Bonchev–Trinajstić information content (AvgIpc) is 1.63. The summed E-state index contributed by atoms with van der Waals surface area (Å²) in [5.74, 6) is 0. The molecule has 4 saturated heterocycles. The Balaban J connectivity index is 0.000000168. The zero-order chi connectivity index (χ0) is 80.6. The van der Waals surface area contributed by atoms with Gasteiger partial charge in [0.1, 0.15) is 73.9 Å². The summed E-state index contributed by atoms with van der Waals surface area (Å²) in [6.45, 7) is 0. The number of fused-ring (bicyclic) bond motifs is 4. The fraction of sp³-hybridized carbons (Fsp3) is 0.450. The van der Waals surface area contributed by atoms with Crippen LogP contribution in [0.4, 0.5) is 0 Å². The van der Waals surface area contributed by atoms with Gasteiger partial charge in [-0.3, -0.25) is 65.0 Å². The van der Waals surface area contributed by atoms with E-state index >= 15 is 0 Å². The van der Waals surface area contributed by atoms with Crippen LogP contribution in [0.25, 0.3) is 44.7 Å². The van der Waals surface area contributed by atoms with Crippen molar-refractivity contribution in [2.45, 2.75) is 109 Å². The molecule has 68 heteroatoms. The molecule has 0 radical (unpaired) electrons. The van der Waals surface area contributed by atoms with Gasteiger partial charge in [-0.1, -0.05) is 0 Å². The molecule has 8 aromatic rings. The van der Waals surface area contributed by atoms with Crippen LogP contribution < -0.4 is 78.8 Å². The molecule has 0 spiro atoms. The molecule has 0 aromatic carbocycles. The Morgan fingerprint density at radius 3 is 1.07 bits per heavy atom. The normalized spacial score (nSPS) is 28.5. The monoisotopic (exact) mass is 1730 g/mol. The van der Waals surface area contributed by atoms with Gasteiger partial charge in [-0.2, -0.15) is 9.46 Å². The highest BCUT2D eigenvalue weighted by Crippen LogP contribution is 2.63. The molecule has 600 valence electrons. The second kappa shape index (κ2) is 32.2. The predicted molar refractivity (Wildman–Crippen MR) is 303 cm³/mol. The van der Waals surface area contributed by atoms with Gasteiger partial charge < -0.3 is 182 Å². The number of hydrogen-bond donors (Lipinski definition) is 12. The molecule has 4 fully saturated rings. The van der Waals surface area contributed by atoms with Crippen LogP contribution in [0.2, 0.25) is 0 Å². The smallest absolute Gasteiger partial charge is 0.302 e. The van der Waals surface area contributed by atoms with E-state index in [0.717, 1.165) is 34.4 Å². The third kappa shape index (κ3) is 20.1. The van der Waals surface area contributed by atoms with E-state index in [0.29, 0.717) is 35.9 Å². The first-order chi connectivity index (χ1) is 49.6. The van der Waals surface area contributed by atoms with Crippen LogP contribution in [0.5, 0.6) is 0 Å². The highest BCUT2D eigenvalue weighted by molar-refractivity contribution is 7.65. The highest BCUT2D eigenvalue weighted by Gasteiger charge is 2.52. The summed E-state index contributed by atoms with van der Waals surface area (Å²) in [5, 5.41) is 114. The molecule has 8 aromatic heterocycles. The number of hydrogen-bond acceptors (Lipinski definition) is 52. The summed E-state index contributed by atoms with van der Waals surface area (Å²) < 4.78 is 146. The number of ether oxygens (including phenoxy) is 4. The topological polar surface area (TPSA) is 889 Å². The lowest BCUT2D eigenvalue weighted by Crippen LogP contribution is -2.45. The van der Waals surface area contributed by atoms with Gasteiger partial charge in [0.15, 0.2) is 94.6 Å². The molecule has 58 nitrogen and oxygen atoms in total. The third-order valence-electron chi connectivity index (χ3n) is 14.2. The average molecular weight is 1730 g/mol. The highest BCUT2D eigenvalue weighted by atomic mass is 32.1. The number of pyridine rings is 2. The van der Waals surface area contributed by atoms with E-state index in [9.17, 15) is 147 Å². The second-order valence-corrected chi connectivity index (χ2v) is 33.1. The van der Waals surface area contributed by atoms with Gasteiger partial charge in [0.05, 0.1) is 58.0 Å².